The van der Waals surface area contributed by atoms with Gasteiger partial charge in [-0.2, -0.15) is 0 Å². The van der Waals surface area contributed by atoms with Crippen LogP contribution in [0.25, 0.3) is 0 Å². The summed E-state index contributed by atoms with van der Waals surface area (Å²) in [6.45, 7) is 4.02. The summed E-state index contributed by atoms with van der Waals surface area (Å²) < 4.78 is 18.2. The van der Waals surface area contributed by atoms with Crippen LogP contribution in [0.1, 0.15) is 31.4 Å². The fourth-order valence-corrected chi connectivity index (χ4v) is 2.90. The molecule has 1 unspecified atom stereocenters. The Kier molecular flexibility index (Phi) is 3.48. The molecule has 18 heavy (non-hydrogen) atoms. The van der Waals surface area contributed by atoms with E-state index in [2.05, 4.69) is 22.0 Å². The number of benzene rings is 1. The Bertz CT molecular complexity index is 443. The largest absolute Gasteiger partial charge is 0.486 e. The van der Waals surface area contributed by atoms with Crippen molar-refractivity contribution in [3.63, 3.8) is 0 Å². The fraction of sp³-hybridized carbons (Fsp3) is 0.571. The van der Waals surface area contributed by atoms with E-state index in [1.807, 2.05) is 13.0 Å². The van der Waals surface area contributed by atoms with E-state index in [-0.39, 0.29) is 6.10 Å². The molecule has 1 saturated carbocycles. The third-order valence-corrected chi connectivity index (χ3v) is 4.05. The topological polar surface area (TPSA) is 27.7 Å². The van der Waals surface area contributed by atoms with Gasteiger partial charge in [-0.15, -0.1) is 0 Å². The first-order valence-corrected chi connectivity index (χ1v) is 7.29. The Morgan fingerprint density at radius 2 is 1.94 bits per heavy atom. The van der Waals surface area contributed by atoms with Crippen LogP contribution in [0.15, 0.2) is 16.6 Å². The van der Waals surface area contributed by atoms with Gasteiger partial charge in [0.25, 0.3) is 0 Å². The summed E-state index contributed by atoms with van der Waals surface area (Å²) in [5.74, 6) is 2.32. The van der Waals surface area contributed by atoms with Gasteiger partial charge < -0.3 is 14.2 Å². The van der Waals surface area contributed by atoms with Crippen LogP contribution >= 0.6 is 15.9 Å². The van der Waals surface area contributed by atoms with E-state index in [0.29, 0.717) is 19.1 Å². The van der Waals surface area contributed by atoms with Crippen molar-refractivity contribution in [2.75, 3.05) is 19.8 Å². The van der Waals surface area contributed by atoms with Gasteiger partial charge in [-0.05, 0) is 43.4 Å². The zero-order chi connectivity index (χ0) is 12.5. The summed E-state index contributed by atoms with van der Waals surface area (Å²) in [5, 5.41) is 0. The molecule has 0 spiro atoms. The van der Waals surface area contributed by atoms with Gasteiger partial charge in [0, 0.05) is 11.1 Å². The molecular weight excluding hydrogens is 296 g/mol. The predicted molar refractivity (Wildman–Crippen MR) is 72.2 cm³/mol. The van der Waals surface area contributed by atoms with Gasteiger partial charge in [0.15, 0.2) is 11.5 Å². The SMILES string of the molecule is CCOC(c1cc2c(cc1Br)OCCO2)C1CC1. The minimum Gasteiger partial charge on any atom is -0.486 e. The molecule has 0 radical (unpaired) electrons. The maximum atomic E-state index is 5.90. The zero-order valence-corrected chi connectivity index (χ0v) is 12.0. The summed E-state index contributed by atoms with van der Waals surface area (Å²) in [6.07, 6.45) is 2.69. The number of ether oxygens (including phenoxy) is 3. The molecule has 98 valence electrons. The normalized spacial score (nSPS) is 19.7. The lowest BCUT2D eigenvalue weighted by Gasteiger charge is -2.23. The number of hydrogen-bond acceptors (Lipinski definition) is 3. The standard InChI is InChI=1S/C14H17BrO3/c1-2-16-14(9-3-4-9)10-7-12-13(8-11(10)15)18-6-5-17-12/h7-9,14H,2-6H2,1H3. The van der Waals surface area contributed by atoms with E-state index in [4.69, 9.17) is 14.2 Å². The Balaban J connectivity index is 1.94. The molecule has 1 fully saturated rings. The van der Waals surface area contributed by atoms with Gasteiger partial charge in [-0.1, -0.05) is 15.9 Å². The Morgan fingerprint density at radius 3 is 2.56 bits per heavy atom. The van der Waals surface area contributed by atoms with E-state index in [9.17, 15) is 0 Å². The van der Waals surface area contributed by atoms with Crippen LogP contribution in [-0.2, 0) is 4.74 Å². The second-order valence-corrected chi connectivity index (χ2v) is 5.59. The molecule has 1 aromatic carbocycles. The van der Waals surface area contributed by atoms with Crippen molar-refractivity contribution >= 4 is 15.9 Å². The van der Waals surface area contributed by atoms with Gasteiger partial charge in [-0.25, -0.2) is 0 Å². The summed E-state index contributed by atoms with van der Waals surface area (Å²) in [5.41, 5.74) is 1.18. The van der Waals surface area contributed by atoms with Crippen LogP contribution in [0.5, 0.6) is 11.5 Å². The third kappa shape index (κ3) is 2.36. The number of hydrogen-bond donors (Lipinski definition) is 0. The molecule has 1 atom stereocenters. The maximum absolute atomic E-state index is 5.90. The molecule has 0 saturated heterocycles. The maximum Gasteiger partial charge on any atom is 0.162 e. The summed E-state index contributed by atoms with van der Waals surface area (Å²) in [7, 11) is 0. The smallest absolute Gasteiger partial charge is 0.162 e. The van der Waals surface area contributed by atoms with Gasteiger partial charge in [-0.3, -0.25) is 0 Å². The summed E-state index contributed by atoms with van der Waals surface area (Å²) in [4.78, 5) is 0. The monoisotopic (exact) mass is 312 g/mol. The lowest BCUT2D eigenvalue weighted by molar-refractivity contribution is 0.0454. The predicted octanol–water partition coefficient (Wildman–Crippen LogP) is 3.71. The molecule has 0 aromatic heterocycles. The highest BCUT2D eigenvalue weighted by Gasteiger charge is 2.34. The average Bonchev–Trinajstić information content (AvgIpc) is 3.20. The molecule has 2 aliphatic rings. The van der Waals surface area contributed by atoms with Crippen LogP contribution in [0.3, 0.4) is 0 Å². The second kappa shape index (κ2) is 5.10. The molecular formula is C14H17BrO3. The van der Waals surface area contributed by atoms with E-state index in [0.717, 1.165) is 22.6 Å². The molecule has 0 N–H and O–H groups in total. The molecule has 1 heterocycles. The molecule has 3 rings (SSSR count). The molecule has 1 aromatic rings. The van der Waals surface area contributed by atoms with Crippen LogP contribution in [-0.4, -0.2) is 19.8 Å². The minimum atomic E-state index is 0.181. The van der Waals surface area contributed by atoms with Gasteiger partial charge >= 0.3 is 0 Å². The van der Waals surface area contributed by atoms with Gasteiger partial charge in [0.05, 0.1) is 6.10 Å². The molecule has 1 aliphatic carbocycles. The lowest BCUT2D eigenvalue weighted by atomic mass is 10.0. The van der Waals surface area contributed by atoms with E-state index < -0.39 is 0 Å². The number of halogens is 1. The lowest BCUT2D eigenvalue weighted by Crippen LogP contribution is -2.16. The third-order valence-electron chi connectivity index (χ3n) is 3.36. The average molecular weight is 313 g/mol. The number of fused-ring (bicyclic) bond motifs is 1. The quantitative estimate of drug-likeness (QED) is 0.848. The first kappa shape index (κ1) is 12.3. The van der Waals surface area contributed by atoms with Crippen molar-refractivity contribution < 1.29 is 14.2 Å². The second-order valence-electron chi connectivity index (χ2n) is 4.73. The van der Waals surface area contributed by atoms with Gasteiger partial charge in [0.1, 0.15) is 13.2 Å². The highest BCUT2D eigenvalue weighted by molar-refractivity contribution is 9.10. The van der Waals surface area contributed by atoms with Crippen molar-refractivity contribution in [2.24, 2.45) is 5.92 Å². The van der Waals surface area contributed by atoms with Gasteiger partial charge in [0.2, 0.25) is 0 Å². The van der Waals surface area contributed by atoms with E-state index >= 15 is 0 Å². The van der Waals surface area contributed by atoms with Crippen LogP contribution in [0.4, 0.5) is 0 Å². The summed E-state index contributed by atoms with van der Waals surface area (Å²) in [6, 6.07) is 4.06. The Labute approximate surface area is 116 Å². The first-order chi connectivity index (χ1) is 8.79. The Hall–Kier alpha value is -0.740. The van der Waals surface area contributed by atoms with Crippen LogP contribution < -0.4 is 9.47 Å². The number of rotatable bonds is 4. The highest BCUT2D eigenvalue weighted by Crippen LogP contribution is 2.47. The molecule has 4 heteroatoms. The van der Waals surface area contributed by atoms with Crippen molar-refractivity contribution in [3.8, 4) is 11.5 Å². The van der Waals surface area contributed by atoms with Crippen molar-refractivity contribution in [2.45, 2.75) is 25.9 Å². The molecule has 0 amide bonds. The zero-order valence-electron chi connectivity index (χ0n) is 10.4. The summed E-state index contributed by atoms with van der Waals surface area (Å²) >= 11 is 3.63. The molecule has 0 bridgehead atoms. The first-order valence-electron chi connectivity index (χ1n) is 6.50. The van der Waals surface area contributed by atoms with Crippen LogP contribution in [0.2, 0.25) is 0 Å². The molecule has 3 nitrogen and oxygen atoms in total. The van der Waals surface area contributed by atoms with Crippen molar-refractivity contribution in [1.29, 1.82) is 0 Å². The van der Waals surface area contributed by atoms with E-state index in [1.165, 1.54) is 18.4 Å². The minimum absolute atomic E-state index is 0.181. The van der Waals surface area contributed by atoms with E-state index in [1.54, 1.807) is 0 Å². The Morgan fingerprint density at radius 1 is 1.28 bits per heavy atom. The van der Waals surface area contributed by atoms with Crippen molar-refractivity contribution in [3.05, 3.63) is 22.2 Å². The van der Waals surface area contributed by atoms with Crippen LogP contribution in [0, 0.1) is 5.92 Å². The fourth-order valence-electron chi connectivity index (χ4n) is 2.36. The van der Waals surface area contributed by atoms with Crippen molar-refractivity contribution in [1.82, 2.24) is 0 Å². The molecule has 1 aliphatic heterocycles. The highest BCUT2D eigenvalue weighted by atomic mass is 79.9.